The molecule has 10 heteroatoms. The van der Waals surface area contributed by atoms with E-state index in [0.717, 1.165) is 0 Å². The molecule has 0 unspecified atom stereocenters. The molecule has 0 radical (unpaired) electrons. The van der Waals surface area contributed by atoms with Gasteiger partial charge in [0.15, 0.2) is 12.4 Å². The van der Waals surface area contributed by atoms with Gasteiger partial charge in [-0.25, -0.2) is 0 Å². The van der Waals surface area contributed by atoms with Crippen molar-refractivity contribution in [1.82, 2.24) is 0 Å². The fraction of sp³-hybridized carbons (Fsp3) is 0.211. The molecule has 2 aromatic carbocycles. The summed E-state index contributed by atoms with van der Waals surface area (Å²) in [5.41, 5.74) is 0.617. The molecule has 2 aromatic rings. The van der Waals surface area contributed by atoms with Gasteiger partial charge in [0.2, 0.25) is 0 Å². The van der Waals surface area contributed by atoms with Crippen molar-refractivity contribution < 1.29 is 32.6 Å². The fourth-order valence-electron chi connectivity index (χ4n) is 2.18. The van der Waals surface area contributed by atoms with Crippen LogP contribution in [0, 0.1) is 0 Å². The molecular formula is C19H15Cl2F2NO5. The monoisotopic (exact) mass is 445 g/mol. The number of carbonyl (C=O) groups is 3. The summed E-state index contributed by atoms with van der Waals surface area (Å²) in [7, 11) is 0. The molecule has 0 aliphatic heterocycles. The van der Waals surface area contributed by atoms with E-state index in [1.807, 2.05) is 0 Å². The number of hydrogen-bond acceptors (Lipinski definition) is 5. The van der Waals surface area contributed by atoms with Crippen LogP contribution in [-0.2, 0) is 14.3 Å². The molecule has 0 aromatic heterocycles. The number of esters is 1. The van der Waals surface area contributed by atoms with Gasteiger partial charge >= 0.3 is 12.6 Å². The zero-order valence-electron chi connectivity index (χ0n) is 14.8. The summed E-state index contributed by atoms with van der Waals surface area (Å²) < 4.78 is 33.4. The number of anilines is 1. The number of nitrogens with one attached hydrogen (secondary N) is 1. The number of Topliss-reactive ketones (excluding diaryl/α,β-unsaturated/α-hetero) is 1. The second-order valence-electron chi connectivity index (χ2n) is 5.66. The highest BCUT2D eigenvalue weighted by molar-refractivity contribution is 6.32. The van der Waals surface area contributed by atoms with Gasteiger partial charge < -0.3 is 14.8 Å². The summed E-state index contributed by atoms with van der Waals surface area (Å²) in [5.74, 6) is -1.89. The van der Waals surface area contributed by atoms with Crippen molar-refractivity contribution in [3.8, 4) is 5.75 Å². The lowest BCUT2D eigenvalue weighted by molar-refractivity contribution is -0.147. The predicted octanol–water partition coefficient (Wildman–Crippen LogP) is 4.74. The number of halogens is 4. The topological polar surface area (TPSA) is 81.7 Å². The minimum atomic E-state index is -3.03. The van der Waals surface area contributed by atoms with Crippen LogP contribution in [0.1, 0.15) is 23.2 Å². The van der Waals surface area contributed by atoms with Crippen LogP contribution in [0.25, 0.3) is 0 Å². The lowest BCUT2D eigenvalue weighted by Crippen LogP contribution is -2.21. The highest BCUT2D eigenvalue weighted by atomic mass is 35.5. The summed E-state index contributed by atoms with van der Waals surface area (Å²) >= 11 is 11.5. The molecule has 0 fully saturated rings. The molecule has 0 atom stereocenters. The standard InChI is InChI=1S/C19H15Cl2F2NO5/c20-12-3-1-11(2-4-12)15(25)6-8-18(27)28-10-17(26)24-13-5-7-16(14(21)9-13)29-19(22)23/h1-5,7,9,19H,6,8,10H2,(H,24,26). The number of ether oxygens (including phenoxy) is 2. The molecule has 0 aliphatic carbocycles. The van der Waals surface area contributed by atoms with Gasteiger partial charge in [-0.3, -0.25) is 14.4 Å². The maximum atomic E-state index is 12.2. The van der Waals surface area contributed by atoms with Crippen molar-refractivity contribution in [2.45, 2.75) is 19.5 Å². The van der Waals surface area contributed by atoms with Crippen LogP contribution in [0.5, 0.6) is 5.75 Å². The molecule has 0 bridgehead atoms. The maximum absolute atomic E-state index is 12.2. The predicted molar refractivity (Wildman–Crippen MR) is 103 cm³/mol. The van der Waals surface area contributed by atoms with Crippen LogP contribution in [0.15, 0.2) is 42.5 Å². The molecule has 29 heavy (non-hydrogen) atoms. The summed E-state index contributed by atoms with van der Waals surface area (Å²) in [4.78, 5) is 35.5. The lowest BCUT2D eigenvalue weighted by Gasteiger charge is -2.10. The average molecular weight is 446 g/mol. The number of amides is 1. The summed E-state index contributed by atoms with van der Waals surface area (Å²) in [6.07, 6.45) is -0.274. The van der Waals surface area contributed by atoms with E-state index in [9.17, 15) is 23.2 Å². The Hall–Kier alpha value is -2.71. The number of alkyl halides is 2. The van der Waals surface area contributed by atoms with E-state index in [2.05, 4.69) is 10.1 Å². The van der Waals surface area contributed by atoms with Gasteiger partial charge in [-0.05, 0) is 42.5 Å². The molecule has 0 aliphatic rings. The van der Waals surface area contributed by atoms with Gasteiger partial charge in [-0.1, -0.05) is 23.2 Å². The van der Waals surface area contributed by atoms with E-state index in [-0.39, 0.29) is 35.1 Å². The Balaban J connectivity index is 1.75. The number of rotatable bonds is 9. The van der Waals surface area contributed by atoms with E-state index < -0.39 is 25.1 Å². The smallest absolute Gasteiger partial charge is 0.387 e. The minimum Gasteiger partial charge on any atom is -0.456 e. The Morgan fingerprint density at radius 3 is 2.31 bits per heavy atom. The third-order valence-corrected chi connectivity index (χ3v) is 4.07. The van der Waals surface area contributed by atoms with Crippen LogP contribution < -0.4 is 10.1 Å². The van der Waals surface area contributed by atoms with Crippen molar-refractivity contribution in [2.75, 3.05) is 11.9 Å². The molecule has 1 N–H and O–H groups in total. The number of benzene rings is 2. The van der Waals surface area contributed by atoms with Gasteiger partial charge in [-0.15, -0.1) is 0 Å². The van der Waals surface area contributed by atoms with Crippen molar-refractivity contribution in [2.24, 2.45) is 0 Å². The zero-order chi connectivity index (χ0) is 21.4. The SMILES string of the molecule is O=C(COC(=O)CCC(=O)c1ccc(Cl)cc1)Nc1ccc(OC(F)F)c(Cl)c1. The zero-order valence-corrected chi connectivity index (χ0v) is 16.3. The van der Waals surface area contributed by atoms with E-state index in [1.165, 1.54) is 18.2 Å². The Morgan fingerprint density at radius 2 is 1.69 bits per heavy atom. The van der Waals surface area contributed by atoms with Crippen LogP contribution in [0.2, 0.25) is 10.0 Å². The van der Waals surface area contributed by atoms with E-state index in [4.69, 9.17) is 27.9 Å². The van der Waals surface area contributed by atoms with E-state index >= 15 is 0 Å². The molecule has 154 valence electrons. The second kappa shape index (κ2) is 10.7. The van der Waals surface area contributed by atoms with Crippen molar-refractivity contribution in [3.63, 3.8) is 0 Å². The summed E-state index contributed by atoms with van der Waals surface area (Å²) in [5, 5.41) is 2.76. The lowest BCUT2D eigenvalue weighted by atomic mass is 10.1. The molecule has 0 heterocycles. The van der Waals surface area contributed by atoms with Gasteiger partial charge in [0.1, 0.15) is 5.75 Å². The highest BCUT2D eigenvalue weighted by Gasteiger charge is 2.13. The van der Waals surface area contributed by atoms with Crippen LogP contribution in [0.3, 0.4) is 0 Å². The van der Waals surface area contributed by atoms with Gasteiger partial charge in [0.05, 0.1) is 11.4 Å². The first-order valence-corrected chi connectivity index (χ1v) is 8.99. The number of carbonyl (C=O) groups excluding carboxylic acids is 3. The highest BCUT2D eigenvalue weighted by Crippen LogP contribution is 2.28. The third kappa shape index (κ3) is 7.67. The maximum Gasteiger partial charge on any atom is 0.387 e. The molecule has 1 amide bonds. The molecule has 0 saturated heterocycles. The van der Waals surface area contributed by atoms with Crippen LogP contribution >= 0.6 is 23.2 Å². The molecule has 0 spiro atoms. The molecule has 2 rings (SSSR count). The van der Waals surface area contributed by atoms with Gasteiger partial charge in [0.25, 0.3) is 5.91 Å². The summed E-state index contributed by atoms with van der Waals surface area (Å²) in [6.45, 7) is -3.61. The summed E-state index contributed by atoms with van der Waals surface area (Å²) in [6, 6.07) is 9.90. The fourth-order valence-corrected chi connectivity index (χ4v) is 2.53. The van der Waals surface area contributed by atoms with Crippen molar-refractivity contribution in [1.29, 1.82) is 0 Å². The van der Waals surface area contributed by atoms with Crippen LogP contribution in [-0.4, -0.2) is 30.9 Å². The van der Waals surface area contributed by atoms with Crippen molar-refractivity contribution in [3.05, 3.63) is 58.1 Å². The second-order valence-corrected chi connectivity index (χ2v) is 6.51. The Morgan fingerprint density at radius 1 is 1.00 bits per heavy atom. The molecular weight excluding hydrogens is 431 g/mol. The van der Waals surface area contributed by atoms with Crippen LogP contribution in [0.4, 0.5) is 14.5 Å². The first-order valence-electron chi connectivity index (χ1n) is 8.23. The van der Waals surface area contributed by atoms with Crippen molar-refractivity contribution >= 4 is 46.5 Å². The number of hydrogen-bond donors (Lipinski definition) is 1. The number of ketones is 1. The van der Waals surface area contributed by atoms with E-state index in [0.29, 0.717) is 10.6 Å². The molecule has 0 saturated carbocycles. The Labute approximate surface area is 174 Å². The first kappa shape index (κ1) is 22.6. The van der Waals surface area contributed by atoms with Gasteiger partial charge in [0, 0.05) is 22.7 Å². The largest absolute Gasteiger partial charge is 0.456 e. The van der Waals surface area contributed by atoms with Gasteiger partial charge in [-0.2, -0.15) is 8.78 Å². The Bertz CT molecular complexity index is 891. The minimum absolute atomic E-state index is 0.0801. The normalized spacial score (nSPS) is 10.5. The van der Waals surface area contributed by atoms with E-state index in [1.54, 1.807) is 24.3 Å². The quantitative estimate of drug-likeness (QED) is 0.445. The molecule has 6 nitrogen and oxygen atoms in total. The Kier molecular flexibility index (Phi) is 8.35. The first-order chi connectivity index (χ1) is 13.7. The third-order valence-electron chi connectivity index (χ3n) is 3.52. The average Bonchev–Trinajstić information content (AvgIpc) is 2.67.